The summed E-state index contributed by atoms with van der Waals surface area (Å²) in [5, 5.41) is 8.50. The van der Waals surface area contributed by atoms with E-state index in [0.29, 0.717) is 68.7 Å². The van der Waals surface area contributed by atoms with Crippen LogP contribution in [0.1, 0.15) is 68.0 Å². The van der Waals surface area contributed by atoms with Gasteiger partial charge in [-0.25, -0.2) is 0 Å². The number of benzene rings is 1. The van der Waals surface area contributed by atoms with Gasteiger partial charge in [0, 0.05) is 56.6 Å². The summed E-state index contributed by atoms with van der Waals surface area (Å²) >= 11 is 0. The quantitative estimate of drug-likeness (QED) is 0.407. The smallest absolute Gasteiger partial charge is 0.274 e. The normalized spacial score (nSPS) is 13.8. The lowest BCUT2D eigenvalue weighted by Gasteiger charge is -2.35. The summed E-state index contributed by atoms with van der Waals surface area (Å²) in [6.07, 6.45) is 3.51. The average molecular weight is 545 g/mol. The fraction of sp³-hybridized carbons (Fsp3) is 0.452. The Kier molecular flexibility index (Phi) is 9.02. The van der Waals surface area contributed by atoms with Gasteiger partial charge in [0.1, 0.15) is 5.75 Å². The van der Waals surface area contributed by atoms with E-state index in [0.717, 1.165) is 16.7 Å². The minimum absolute atomic E-state index is 0.00664. The third-order valence-electron chi connectivity index (χ3n) is 7.21. The summed E-state index contributed by atoms with van der Waals surface area (Å²) in [6, 6.07) is 11.6. The molecule has 4 rings (SSSR count). The molecule has 1 aliphatic heterocycles. The van der Waals surface area contributed by atoms with Crippen molar-refractivity contribution < 1.29 is 14.3 Å². The maximum Gasteiger partial charge on any atom is 0.274 e. The lowest BCUT2D eigenvalue weighted by molar-refractivity contribution is 0.0742. The van der Waals surface area contributed by atoms with E-state index in [9.17, 15) is 9.59 Å². The molecule has 0 bridgehead atoms. The van der Waals surface area contributed by atoms with Gasteiger partial charge in [-0.3, -0.25) is 14.6 Å². The Labute approximate surface area is 237 Å². The molecular weight excluding hydrogens is 504 g/mol. The van der Waals surface area contributed by atoms with E-state index >= 15 is 0 Å². The molecule has 3 aromatic rings. The molecule has 0 unspecified atom stereocenters. The van der Waals surface area contributed by atoms with Crippen molar-refractivity contribution in [3.8, 4) is 16.9 Å². The Morgan fingerprint density at radius 3 is 2.23 bits per heavy atom. The molecule has 212 valence electrons. The van der Waals surface area contributed by atoms with Gasteiger partial charge in [-0.15, -0.1) is 10.2 Å². The van der Waals surface area contributed by atoms with E-state index in [2.05, 4.69) is 46.9 Å². The zero-order valence-corrected chi connectivity index (χ0v) is 24.5. The molecule has 1 aromatic carbocycles. The van der Waals surface area contributed by atoms with Crippen molar-refractivity contribution in [1.82, 2.24) is 25.0 Å². The van der Waals surface area contributed by atoms with Crippen LogP contribution in [-0.4, -0.2) is 82.7 Å². The SMILES string of the molecule is CCOc1cncc(-c2cc(C(=O)N3CCN(c4ccc(C(=O)N(CC)CC)nn4)CC3)cc(C(C)(C)C)c2)c1. The minimum Gasteiger partial charge on any atom is -0.492 e. The molecule has 1 aliphatic rings. The predicted octanol–water partition coefficient (Wildman–Crippen LogP) is 4.68. The number of ether oxygens (including phenoxy) is 1. The topological polar surface area (TPSA) is 91.8 Å². The largest absolute Gasteiger partial charge is 0.492 e. The number of nitrogens with zero attached hydrogens (tertiary/aromatic N) is 6. The molecule has 2 aromatic heterocycles. The van der Waals surface area contributed by atoms with Crippen LogP contribution in [0, 0.1) is 0 Å². The van der Waals surface area contributed by atoms with Crippen molar-refractivity contribution in [1.29, 1.82) is 0 Å². The Morgan fingerprint density at radius 1 is 0.900 bits per heavy atom. The average Bonchev–Trinajstić information content (AvgIpc) is 2.97. The second-order valence-electron chi connectivity index (χ2n) is 10.9. The van der Waals surface area contributed by atoms with Crippen LogP contribution in [0.4, 0.5) is 5.82 Å². The standard InChI is InChI=1S/C31H40N6O3/c1-7-35(8-2)30(39)27-10-11-28(34-33-27)36-12-14-37(15-13-36)29(38)23-16-22(17-25(18-23)31(4,5)6)24-19-26(40-9-3)21-32-20-24/h10-11,16-21H,7-9,12-15H2,1-6H3. The van der Waals surface area contributed by atoms with Crippen LogP contribution in [0.2, 0.25) is 0 Å². The Morgan fingerprint density at radius 2 is 1.62 bits per heavy atom. The summed E-state index contributed by atoms with van der Waals surface area (Å²) < 4.78 is 5.65. The molecular formula is C31H40N6O3. The van der Waals surface area contributed by atoms with Crippen molar-refractivity contribution in [3.63, 3.8) is 0 Å². The number of aromatic nitrogens is 3. The number of rotatable bonds is 8. The Hall–Kier alpha value is -4.01. The van der Waals surface area contributed by atoms with Crippen LogP contribution in [-0.2, 0) is 5.41 Å². The maximum atomic E-state index is 13.7. The summed E-state index contributed by atoms with van der Waals surface area (Å²) in [6.45, 7) is 16.5. The third kappa shape index (κ3) is 6.58. The number of piperazine rings is 1. The van der Waals surface area contributed by atoms with E-state index in [1.165, 1.54) is 0 Å². The highest BCUT2D eigenvalue weighted by atomic mass is 16.5. The van der Waals surface area contributed by atoms with Gasteiger partial charge in [-0.05, 0) is 67.6 Å². The monoisotopic (exact) mass is 544 g/mol. The molecule has 9 heteroatoms. The summed E-state index contributed by atoms with van der Waals surface area (Å²) in [5.41, 5.74) is 3.82. The van der Waals surface area contributed by atoms with Crippen molar-refractivity contribution in [2.45, 2.75) is 47.0 Å². The Bertz CT molecular complexity index is 1320. The lowest BCUT2D eigenvalue weighted by atomic mass is 9.84. The molecule has 0 saturated carbocycles. The summed E-state index contributed by atoms with van der Waals surface area (Å²) in [7, 11) is 0. The molecule has 0 atom stereocenters. The molecule has 0 N–H and O–H groups in total. The Balaban J connectivity index is 1.49. The summed E-state index contributed by atoms with van der Waals surface area (Å²) in [5.74, 6) is 1.31. The zero-order valence-electron chi connectivity index (χ0n) is 24.5. The molecule has 1 saturated heterocycles. The molecule has 0 aliphatic carbocycles. The highest BCUT2D eigenvalue weighted by Crippen LogP contribution is 2.31. The highest BCUT2D eigenvalue weighted by Gasteiger charge is 2.26. The molecule has 1 fully saturated rings. The van der Waals surface area contributed by atoms with Crippen molar-refractivity contribution in [3.05, 3.63) is 65.6 Å². The first kappa shape index (κ1) is 29.0. The fourth-order valence-corrected chi connectivity index (χ4v) is 4.78. The van der Waals surface area contributed by atoms with Crippen LogP contribution in [0.5, 0.6) is 5.75 Å². The number of carbonyl (C=O) groups is 2. The van der Waals surface area contributed by atoms with E-state index in [1.54, 1.807) is 23.4 Å². The molecule has 40 heavy (non-hydrogen) atoms. The van der Waals surface area contributed by atoms with Gasteiger partial charge < -0.3 is 19.4 Å². The first-order chi connectivity index (χ1) is 19.1. The van der Waals surface area contributed by atoms with Crippen LogP contribution >= 0.6 is 0 Å². The van der Waals surface area contributed by atoms with Crippen LogP contribution < -0.4 is 9.64 Å². The van der Waals surface area contributed by atoms with Gasteiger partial charge in [0.2, 0.25) is 0 Å². The van der Waals surface area contributed by atoms with E-state index in [-0.39, 0.29) is 17.2 Å². The van der Waals surface area contributed by atoms with E-state index < -0.39 is 0 Å². The lowest BCUT2D eigenvalue weighted by Crippen LogP contribution is -2.49. The number of pyridine rings is 1. The molecule has 0 radical (unpaired) electrons. The highest BCUT2D eigenvalue weighted by molar-refractivity contribution is 5.96. The second-order valence-corrected chi connectivity index (χ2v) is 10.9. The fourth-order valence-electron chi connectivity index (χ4n) is 4.78. The van der Waals surface area contributed by atoms with Gasteiger partial charge >= 0.3 is 0 Å². The van der Waals surface area contributed by atoms with Gasteiger partial charge in [-0.1, -0.05) is 26.8 Å². The number of hydrogen-bond acceptors (Lipinski definition) is 7. The first-order valence-corrected chi connectivity index (χ1v) is 14.1. The minimum atomic E-state index is -0.133. The first-order valence-electron chi connectivity index (χ1n) is 14.1. The third-order valence-corrected chi connectivity index (χ3v) is 7.21. The second kappa shape index (κ2) is 12.4. The summed E-state index contributed by atoms with van der Waals surface area (Å²) in [4.78, 5) is 36.3. The van der Waals surface area contributed by atoms with Crippen molar-refractivity contribution in [2.24, 2.45) is 0 Å². The van der Waals surface area contributed by atoms with Gasteiger partial charge in [0.05, 0.1) is 12.8 Å². The number of hydrogen-bond donors (Lipinski definition) is 0. The van der Waals surface area contributed by atoms with Gasteiger partial charge in [-0.2, -0.15) is 0 Å². The number of carbonyl (C=O) groups excluding carboxylic acids is 2. The number of anilines is 1. The van der Waals surface area contributed by atoms with Crippen LogP contribution in [0.15, 0.2) is 48.8 Å². The van der Waals surface area contributed by atoms with Gasteiger partial charge in [0.25, 0.3) is 11.8 Å². The van der Waals surface area contributed by atoms with Crippen LogP contribution in [0.3, 0.4) is 0 Å². The zero-order chi connectivity index (χ0) is 28.9. The molecule has 0 spiro atoms. The maximum absolute atomic E-state index is 13.7. The van der Waals surface area contributed by atoms with E-state index in [1.807, 2.05) is 49.9 Å². The predicted molar refractivity (Wildman–Crippen MR) is 157 cm³/mol. The van der Waals surface area contributed by atoms with E-state index in [4.69, 9.17) is 4.74 Å². The van der Waals surface area contributed by atoms with Crippen molar-refractivity contribution in [2.75, 3.05) is 50.8 Å². The molecule has 3 heterocycles. The molecule has 9 nitrogen and oxygen atoms in total. The van der Waals surface area contributed by atoms with Crippen LogP contribution in [0.25, 0.3) is 11.1 Å². The molecule has 2 amide bonds. The van der Waals surface area contributed by atoms with Gasteiger partial charge in [0.15, 0.2) is 11.5 Å². The van der Waals surface area contributed by atoms with Crippen molar-refractivity contribution >= 4 is 17.6 Å². The number of amides is 2.